The molecule has 30 heavy (non-hydrogen) atoms. The maximum absolute atomic E-state index is 12.8. The number of para-hydroxylation sites is 1. The van der Waals surface area contributed by atoms with E-state index in [0.717, 1.165) is 16.9 Å². The molecule has 0 unspecified atom stereocenters. The van der Waals surface area contributed by atoms with Crippen LogP contribution in [0.4, 0.5) is 28.8 Å². The summed E-state index contributed by atoms with van der Waals surface area (Å²) in [5.41, 5.74) is 5.72. The highest BCUT2D eigenvalue weighted by Crippen LogP contribution is 2.37. The minimum absolute atomic E-state index is 0.113. The average molecular weight is 403 g/mol. The third-order valence-corrected chi connectivity index (χ3v) is 4.97. The van der Waals surface area contributed by atoms with Crippen LogP contribution in [-0.2, 0) is 11.2 Å². The van der Waals surface area contributed by atoms with Gasteiger partial charge in [0.05, 0.1) is 23.9 Å². The molecule has 2 amide bonds. The normalized spacial score (nSPS) is 12.7. The lowest BCUT2D eigenvalue weighted by atomic mass is 10.1. The maximum Gasteiger partial charge on any atom is 0.260 e. The predicted molar refractivity (Wildman–Crippen MR) is 115 cm³/mol. The molecular formula is C21H21N7O2. The van der Waals surface area contributed by atoms with Crippen molar-refractivity contribution < 1.29 is 9.59 Å². The van der Waals surface area contributed by atoms with E-state index < -0.39 is 0 Å². The van der Waals surface area contributed by atoms with Gasteiger partial charge in [-0.2, -0.15) is 4.98 Å². The first-order chi connectivity index (χ1) is 14.5. The van der Waals surface area contributed by atoms with Crippen molar-refractivity contribution in [3.8, 4) is 0 Å². The van der Waals surface area contributed by atoms with E-state index in [2.05, 4.69) is 20.7 Å². The van der Waals surface area contributed by atoms with Gasteiger partial charge in [0.25, 0.3) is 5.91 Å². The monoisotopic (exact) mass is 403 g/mol. The first-order valence-electron chi connectivity index (χ1n) is 9.31. The second-order valence-corrected chi connectivity index (χ2v) is 6.91. The fraction of sp³-hybridized carbons (Fsp3) is 0.143. The molecule has 0 spiro atoms. The molecule has 0 saturated heterocycles. The van der Waals surface area contributed by atoms with Gasteiger partial charge in [-0.05, 0) is 29.8 Å². The Hall–Kier alpha value is -3.98. The third-order valence-electron chi connectivity index (χ3n) is 4.97. The molecule has 4 rings (SSSR count). The number of fused-ring (bicyclic) bond motifs is 2. The fourth-order valence-electron chi connectivity index (χ4n) is 3.33. The number of rotatable bonds is 4. The van der Waals surface area contributed by atoms with Crippen molar-refractivity contribution in [2.75, 3.05) is 29.2 Å². The molecule has 0 atom stereocenters. The van der Waals surface area contributed by atoms with Crippen LogP contribution in [0.3, 0.4) is 0 Å². The van der Waals surface area contributed by atoms with Gasteiger partial charge in [0.1, 0.15) is 5.69 Å². The van der Waals surface area contributed by atoms with Gasteiger partial charge in [-0.15, -0.1) is 0 Å². The molecule has 9 heteroatoms. The van der Waals surface area contributed by atoms with Crippen molar-refractivity contribution in [2.45, 2.75) is 6.42 Å². The highest BCUT2D eigenvalue weighted by atomic mass is 16.2. The number of nitrogens with two attached hydrogens (primary N) is 1. The van der Waals surface area contributed by atoms with Crippen molar-refractivity contribution in [1.82, 2.24) is 15.4 Å². The average Bonchev–Trinajstić information content (AvgIpc) is 2.85. The first-order valence-corrected chi connectivity index (χ1v) is 9.31. The number of aromatic nitrogens is 2. The molecule has 0 fully saturated rings. The zero-order valence-corrected chi connectivity index (χ0v) is 16.6. The Morgan fingerprint density at radius 3 is 2.50 bits per heavy atom. The largest absolute Gasteiger partial charge is 0.327 e. The van der Waals surface area contributed by atoms with E-state index >= 15 is 0 Å². The van der Waals surface area contributed by atoms with Crippen LogP contribution in [0, 0.1) is 0 Å². The predicted octanol–water partition coefficient (Wildman–Crippen LogP) is 2.11. The number of carbonyl (C=O) groups is 2. The van der Waals surface area contributed by atoms with E-state index in [9.17, 15) is 9.59 Å². The summed E-state index contributed by atoms with van der Waals surface area (Å²) in [5, 5.41) is 3.16. The number of hydrogen-bond acceptors (Lipinski definition) is 7. The van der Waals surface area contributed by atoms with E-state index in [4.69, 9.17) is 5.84 Å². The van der Waals surface area contributed by atoms with Gasteiger partial charge >= 0.3 is 0 Å². The molecule has 4 N–H and O–H groups in total. The minimum Gasteiger partial charge on any atom is -0.327 e. The summed E-state index contributed by atoms with van der Waals surface area (Å²) in [6.45, 7) is 0. The molecule has 152 valence electrons. The van der Waals surface area contributed by atoms with Crippen molar-refractivity contribution in [2.24, 2.45) is 5.84 Å². The van der Waals surface area contributed by atoms with Crippen molar-refractivity contribution in [3.63, 3.8) is 0 Å². The number of anilines is 5. The van der Waals surface area contributed by atoms with E-state index in [-0.39, 0.29) is 18.2 Å². The van der Waals surface area contributed by atoms with E-state index in [1.54, 1.807) is 24.2 Å². The van der Waals surface area contributed by atoms with E-state index in [1.807, 2.05) is 54.4 Å². The Labute approximate surface area is 173 Å². The number of nitrogens with zero attached hydrogens (tertiary/aromatic N) is 4. The lowest BCUT2D eigenvalue weighted by Crippen LogP contribution is -2.31. The minimum atomic E-state index is -0.258. The second-order valence-electron chi connectivity index (χ2n) is 6.91. The summed E-state index contributed by atoms with van der Waals surface area (Å²) in [5.74, 6) is 5.76. The van der Waals surface area contributed by atoms with E-state index in [1.165, 1.54) is 0 Å². The molecular weight excluding hydrogens is 382 g/mol. The third kappa shape index (κ3) is 3.53. The van der Waals surface area contributed by atoms with Crippen molar-refractivity contribution in [3.05, 3.63) is 65.9 Å². The number of hydrogen-bond donors (Lipinski definition) is 3. The molecule has 1 aliphatic rings. The molecule has 0 radical (unpaired) electrons. The number of nitrogens with one attached hydrogen (secondary N) is 2. The maximum atomic E-state index is 12.8. The second kappa shape index (κ2) is 7.80. The fourth-order valence-corrected chi connectivity index (χ4v) is 3.33. The summed E-state index contributed by atoms with van der Waals surface area (Å²) in [6.07, 6.45) is 1.83. The Bertz CT molecular complexity index is 1110. The first kappa shape index (κ1) is 19.3. The van der Waals surface area contributed by atoms with Gasteiger partial charge in [0.2, 0.25) is 11.9 Å². The van der Waals surface area contributed by atoms with Crippen LogP contribution in [0.1, 0.15) is 15.9 Å². The van der Waals surface area contributed by atoms with Crippen molar-refractivity contribution in [1.29, 1.82) is 0 Å². The zero-order valence-electron chi connectivity index (χ0n) is 16.6. The van der Waals surface area contributed by atoms with Crippen molar-refractivity contribution >= 4 is 40.6 Å². The topological polar surface area (TPSA) is 116 Å². The summed E-state index contributed by atoms with van der Waals surface area (Å²) in [6, 6.07) is 14.8. The highest BCUT2D eigenvalue weighted by molar-refractivity contribution is 6.13. The number of benzene rings is 2. The number of amides is 2. The van der Waals surface area contributed by atoms with E-state index in [0.29, 0.717) is 23.0 Å². The Morgan fingerprint density at radius 2 is 1.77 bits per heavy atom. The van der Waals surface area contributed by atoms with Gasteiger partial charge in [0, 0.05) is 19.8 Å². The van der Waals surface area contributed by atoms with Gasteiger partial charge in [-0.3, -0.25) is 15.0 Å². The molecule has 0 saturated carbocycles. The molecule has 0 aliphatic carbocycles. The smallest absolute Gasteiger partial charge is 0.260 e. The van der Waals surface area contributed by atoms with Crippen LogP contribution in [0.5, 0.6) is 0 Å². The quantitative estimate of drug-likeness (QED) is 0.347. The molecule has 2 heterocycles. The van der Waals surface area contributed by atoms with Crippen LogP contribution < -0.4 is 26.4 Å². The SMILES string of the molecule is CN1C(=O)c2ccccc2N(C)c2nc(Nc3ccc(CC(=O)NN)cc3)ncc21. The lowest BCUT2D eigenvalue weighted by Gasteiger charge is -2.21. The van der Waals surface area contributed by atoms with Gasteiger partial charge in [-0.25, -0.2) is 10.8 Å². The molecule has 1 aromatic heterocycles. The summed E-state index contributed by atoms with van der Waals surface area (Å²) in [4.78, 5) is 36.7. The molecule has 3 aromatic rings. The van der Waals surface area contributed by atoms with Crippen LogP contribution in [0.15, 0.2) is 54.7 Å². The highest BCUT2D eigenvalue weighted by Gasteiger charge is 2.28. The molecule has 2 aromatic carbocycles. The van der Waals surface area contributed by atoms with Crippen LogP contribution >= 0.6 is 0 Å². The molecule has 0 bridgehead atoms. The summed E-state index contributed by atoms with van der Waals surface area (Å²) < 4.78 is 0. The van der Waals surface area contributed by atoms with Gasteiger partial charge < -0.3 is 15.1 Å². The van der Waals surface area contributed by atoms with Crippen LogP contribution in [0.25, 0.3) is 0 Å². The Morgan fingerprint density at radius 1 is 1.03 bits per heavy atom. The summed E-state index contributed by atoms with van der Waals surface area (Å²) in [7, 11) is 3.59. The van der Waals surface area contributed by atoms with Gasteiger partial charge in [-0.1, -0.05) is 24.3 Å². The molecule has 9 nitrogen and oxygen atoms in total. The molecule has 1 aliphatic heterocycles. The number of carbonyl (C=O) groups excluding carboxylic acids is 2. The Kier molecular flexibility index (Phi) is 5.03. The lowest BCUT2D eigenvalue weighted by molar-refractivity contribution is -0.120. The van der Waals surface area contributed by atoms with Gasteiger partial charge in [0.15, 0.2) is 5.82 Å². The van der Waals surface area contributed by atoms with Crippen LogP contribution in [0.2, 0.25) is 0 Å². The zero-order chi connectivity index (χ0) is 21.3. The van der Waals surface area contributed by atoms with Crippen LogP contribution in [-0.4, -0.2) is 35.9 Å². The number of hydrazine groups is 1. The summed E-state index contributed by atoms with van der Waals surface area (Å²) >= 11 is 0. The standard InChI is InChI=1S/C21H21N7O2/c1-27-16-6-4-3-5-15(16)20(30)28(2)17-12-23-21(25-19(17)27)24-14-9-7-13(8-10-14)11-18(29)26-22/h3-10,12H,11,22H2,1-2H3,(H,26,29)(H,23,24,25). The Balaban J connectivity index is 1.63.